The highest BCUT2D eigenvalue weighted by Crippen LogP contribution is 2.29. The Morgan fingerprint density at radius 1 is 1.14 bits per heavy atom. The summed E-state index contributed by atoms with van der Waals surface area (Å²) in [5.41, 5.74) is 1.37. The lowest BCUT2D eigenvalue weighted by Crippen LogP contribution is -2.51. The Hall–Kier alpha value is -0.900. The third kappa shape index (κ3) is 4.06. The van der Waals surface area contributed by atoms with Crippen LogP contribution in [0.4, 0.5) is 0 Å². The summed E-state index contributed by atoms with van der Waals surface area (Å²) in [6.45, 7) is 6.45. The van der Waals surface area contributed by atoms with E-state index in [4.69, 9.17) is 4.74 Å². The Kier molecular flexibility index (Phi) is 6.22. The third-order valence-corrected chi connectivity index (χ3v) is 4.73. The number of nitrogens with zero attached hydrogens (tertiary/aromatic N) is 1. The molecule has 1 heterocycles. The van der Waals surface area contributed by atoms with Crippen molar-refractivity contribution >= 4 is 0 Å². The molecule has 0 aliphatic carbocycles. The van der Waals surface area contributed by atoms with Gasteiger partial charge in [0.2, 0.25) is 0 Å². The van der Waals surface area contributed by atoms with Crippen molar-refractivity contribution in [3.8, 4) is 0 Å². The predicted molar refractivity (Wildman–Crippen MR) is 88.5 cm³/mol. The van der Waals surface area contributed by atoms with E-state index in [0.717, 1.165) is 26.1 Å². The summed E-state index contributed by atoms with van der Waals surface area (Å²) in [4.78, 5) is 2.58. The van der Waals surface area contributed by atoms with Crippen LogP contribution >= 0.6 is 0 Å². The van der Waals surface area contributed by atoms with Gasteiger partial charge < -0.3 is 10.1 Å². The molecule has 1 aliphatic rings. The van der Waals surface area contributed by atoms with Gasteiger partial charge >= 0.3 is 0 Å². The maximum absolute atomic E-state index is 5.52. The zero-order valence-corrected chi connectivity index (χ0v) is 13.9. The fraction of sp³-hybridized carbons (Fsp3) is 0.667. The minimum absolute atomic E-state index is 0.360. The lowest BCUT2D eigenvalue weighted by Gasteiger charge is -2.43. The smallest absolute Gasteiger partial charge is 0.0480 e. The second-order valence-corrected chi connectivity index (χ2v) is 6.42. The van der Waals surface area contributed by atoms with Crippen molar-refractivity contribution in [2.45, 2.75) is 44.8 Å². The van der Waals surface area contributed by atoms with E-state index in [1.807, 2.05) is 0 Å². The fourth-order valence-electron chi connectivity index (χ4n) is 3.62. The summed E-state index contributed by atoms with van der Waals surface area (Å²) < 4.78 is 5.52. The third-order valence-electron chi connectivity index (χ3n) is 4.73. The van der Waals surface area contributed by atoms with Crippen LogP contribution in [0.25, 0.3) is 0 Å². The van der Waals surface area contributed by atoms with Crippen molar-refractivity contribution < 1.29 is 4.74 Å². The molecule has 1 aromatic carbocycles. The first kappa shape index (κ1) is 16.5. The van der Waals surface area contributed by atoms with Crippen LogP contribution in [0.15, 0.2) is 30.3 Å². The number of hydrogen-bond donors (Lipinski definition) is 1. The zero-order valence-electron chi connectivity index (χ0n) is 13.9. The molecule has 1 saturated heterocycles. The van der Waals surface area contributed by atoms with Crippen LogP contribution in [0.3, 0.4) is 0 Å². The van der Waals surface area contributed by atoms with Gasteiger partial charge in [-0.1, -0.05) is 44.2 Å². The van der Waals surface area contributed by atoms with E-state index in [9.17, 15) is 0 Å². The van der Waals surface area contributed by atoms with E-state index in [1.54, 1.807) is 0 Å². The lowest BCUT2D eigenvalue weighted by atomic mass is 9.88. The molecule has 2 atom stereocenters. The van der Waals surface area contributed by atoms with Gasteiger partial charge in [-0.3, -0.25) is 4.90 Å². The van der Waals surface area contributed by atoms with Crippen molar-refractivity contribution in [2.24, 2.45) is 5.92 Å². The van der Waals surface area contributed by atoms with Gasteiger partial charge in [0.1, 0.15) is 0 Å². The maximum atomic E-state index is 5.52. The number of ether oxygens (including phenoxy) is 1. The average molecular weight is 290 g/mol. The summed E-state index contributed by atoms with van der Waals surface area (Å²) in [6.07, 6.45) is 2.29. The molecule has 1 aromatic rings. The van der Waals surface area contributed by atoms with E-state index in [1.165, 1.54) is 5.56 Å². The molecular formula is C18H30N2O. The molecular weight excluding hydrogens is 260 g/mol. The predicted octanol–water partition coefficient (Wildman–Crippen LogP) is 3.08. The van der Waals surface area contributed by atoms with Gasteiger partial charge in [-0.25, -0.2) is 0 Å². The molecule has 118 valence electrons. The molecule has 3 nitrogen and oxygen atoms in total. The Bertz CT molecular complexity index is 401. The highest BCUT2D eigenvalue weighted by atomic mass is 16.5. The standard InChI is InChI=1S/C18H30N2O/c1-14(2)18(20(4)16-10-12-21-13-11-16)17(19-3)15-8-6-5-7-9-15/h5-9,14,16-19H,10-13H2,1-4H3. The van der Waals surface area contributed by atoms with Gasteiger partial charge in [0, 0.05) is 31.3 Å². The summed E-state index contributed by atoms with van der Waals surface area (Å²) in [5.74, 6) is 0.593. The summed E-state index contributed by atoms with van der Waals surface area (Å²) in [7, 11) is 4.36. The molecule has 1 N–H and O–H groups in total. The van der Waals surface area contributed by atoms with Gasteiger partial charge in [0.25, 0.3) is 0 Å². The van der Waals surface area contributed by atoms with E-state index in [-0.39, 0.29) is 0 Å². The molecule has 0 aromatic heterocycles. The zero-order chi connectivity index (χ0) is 15.2. The SMILES string of the molecule is CNC(c1ccccc1)C(C(C)C)N(C)C1CCOCC1. The minimum atomic E-state index is 0.360. The molecule has 1 aliphatic heterocycles. The van der Waals surface area contributed by atoms with Gasteiger partial charge in [0.05, 0.1) is 0 Å². The van der Waals surface area contributed by atoms with Crippen molar-refractivity contribution in [1.29, 1.82) is 0 Å². The second kappa shape index (κ2) is 7.92. The van der Waals surface area contributed by atoms with Gasteiger partial charge in [-0.15, -0.1) is 0 Å². The number of benzene rings is 1. The first-order chi connectivity index (χ1) is 10.1. The highest BCUT2D eigenvalue weighted by Gasteiger charge is 2.32. The van der Waals surface area contributed by atoms with Crippen molar-refractivity contribution in [3.63, 3.8) is 0 Å². The number of rotatable bonds is 6. The van der Waals surface area contributed by atoms with Crippen LogP contribution in [-0.4, -0.2) is 44.3 Å². The second-order valence-electron chi connectivity index (χ2n) is 6.42. The van der Waals surface area contributed by atoms with Crippen LogP contribution in [0.2, 0.25) is 0 Å². The van der Waals surface area contributed by atoms with Crippen molar-refractivity contribution in [2.75, 3.05) is 27.3 Å². The largest absolute Gasteiger partial charge is 0.381 e. The van der Waals surface area contributed by atoms with E-state index >= 15 is 0 Å². The maximum Gasteiger partial charge on any atom is 0.0480 e. The Labute approximate surface area is 129 Å². The van der Waals surface area contributed by atoms with E-state index in [2.05, 4.69) is 68.5 Å². The molecule has 0 radical (unpaired) electrons. The Balaban J connectivity index is 2.19. The Morgan fingerprint density at radius 2 is 1.76 bits per heavy atom. The Morgan fingerprint density at radius 3 is 2.29 bits per heavy atom. The first-order valence-corrected chi connectivity index (χ1v) is 8.17. The normalized spacial score (nSPS) is 19.9. The van der Waals surface area contributed by atoms with Gasteiger partial charge in [-0.05, 0) is 38.4 Å². The van der Waals surface area contributed by atoms with Crippen LogP contribution < -0.4 is 5.32 Å². The van der Waals surface area contributed by atoms with E-state index in [0.29, 0.717) is 24.0 Å². The quantitative estimate of drug-likeness (QED) is 0.871. The van der Waals surface area contributed by atoms with Gasteiger partial charge in [0.15, 0.2) is 0 Å². The summed E-state index contributed by atoms with van der Waals surface area (Å²) >= 11 is 0. The average Bonchev–Trinajstić information content (AvgIpc) is 2.53. The van der Waals surface area contributed by atoms with Crippen LogP contribution in [0, 0.1) is 5.92 Å². The van der Waals surface area contributed by atoms with Crippen LogP contribution in [0.1, 0.15) is 38.3 Å². The topological polar surface area (TPSA) is 24.5 Å². The molecule has 2 rings (SSSR count). The summed E-state index contributed by atoms with van der Waals surface area (Å²) in [6, 6.07) is 12.3. The fourth-order valence-corrected chi connectivity index (χ4v) is 3.62. The summed E-state index contributed by atoms with van der Waals surface area (Å²) in [5, 5.41) is 3.55. The van der Waals surface area contributed by atoms with Crippen LogP contribution in [-0.2, 0) is 4.74 Å². The molecule has 0 amide bonds. The van der Waals surface area contributed by atoms with Crippen molar-refractivity contribution in [1.82, 2.24) is 10.2 Å². The molecule has 0 bridgehead atoms. The molecule has 1 fully saturated rings. The lowest BCUT2D eigenvalue weighted by molar-refractivity contribution is 0.0117. The van der Waals surface area contributed by atoms with Gasteiger partial charge in [-0.2, -0.15) is 0 Å². The minimum Gasteiger partial charge on any atom is -0.381 e. The first-order valence-electron chi connectivity index (χ1n) is 8.17. The number of nitrogens with one attached hydrogen (secondary N) is 1. The molecule has 2 unspecified atom stereocenters. The molecule has 0 spiro atoms. The highest BCUT2D eigenvalue weighted by molar-refractivity contribution is 5.21. The monoisotopic (exact) mass is 290 g/mol. The van der Waals surface area contributed by atoms with E-state index < -0.39 is 0 Å². The molecule has 0 saturated carbocycles. The number of likely N-dealkylation sites (N-methyl/N-ethyl adjacent to an activating group) is 2. The van der Waals surface area contributed by atoms with Crippen LogP contribution in [0.5, 0.6) is 0 Å². The molecule has 21 heavy (non-hydrogen) atoms. The number of hydrogen-bond acceptors (Lipinski definition) is 3. The van der Waals surface area contributed by atoms with Crippen molar-refractivity contribution in [3.05, 3.63) is 35.9 Å². The molecule has 3 heteroatoms.